The molecule has 5 rings (SSSR count). The molecule has 3 aromatic heterocycles. The number of imidazole rings is 1. The average Bonchev–Trinajstić information content (AvgIpc) is 3.39. The Kier molecular flexibility index (Phi) is 5.92. The van der Waals surface area contributed by atoms with Crippen LogP contribution < -0.4 is 0 Å². The van der Waals surface area contributed by atoms with E-state index < -0.39 is 0 Å². The molecular formula is C24H21ClN6S. The van der Waals surface area contributed by atoms with Crippen molar-refractivity contribution in [2.75, 3.05) is 0 Å². The van der Waals surface area contributed by atoms with E-state index in [2.05, 4.69) is 55.5 Å². The molecule has 0 amide bonds. The minimum Gasteiger partial charge on any atom is -0.323 e. The standard InChI is InChI=1S/C24H21ClN6S/c1-2-30-23(18-10-12-26-13-11-18)28-29-24(30)32-16-22-27-20-14-19(25)8-9-21(20)31(22)15-17-6-4-3-5-7-17/h3-14H,2,15-16H2,1H3. The summed E-state index contributed by atoms with van der Waals surface area (Å²) < 4.78 is 4.38. The van der Waals surface area contributed by atoms with Gasteiger partial charge in [0.15, 0.2) is 11.0 Å². The van der Waals surface area contributed by atoms with Gasteiger partial charge in [0.25, 0.3) is 0 Å². The largest absolute Gasteiger partial charge is 0.323 e. The van der Waals surface area contributed by atoms with E-state index in [4.69, 9.17) is 16.6 Å². The summed E-state index contributed by atoms with van der Waals surface area (Å²) in [5, 5.41) is 10.5. The van der Waals surface area contributed by atoms with E-state index in [0.29, 0.717) is 10.8 Å². The number of halogens is 1. The van der Waals surface area contributed by atoms with Crippen molar-refractivity contribution in [3.8, 4) is 11.4 Å². The molecule has 0 saturated heterocycles. The van der Waals surface area contributed by atoms with Gasteiger partial charge in [0.2, 0.25) is 0 Å². The normalized spacial score (nSPS) is 11.3. The van der Waals surface area contributed by atoms with Crippen LogP contribution in [0.2, 0.25) is 5.02 Å². The van der Waals surface area contributed by atoms with Gasteiger partial charge in [0.05, 0.1) is 16.8 Å². The lowest BCUT2D eigenvalue weighted by Gasteiger charge is -2.10. The first kappa shape index (κ1) is 20.7. The Morgan fingerprint density at radius 1 is 0.938 bits per heavy atom. The molecule has 0 aliphatic carbocycles. The van der Waals surface area contributed by atoms with Crippen molar-refractivity contribution >= 4 is 34.4 Å². The summed E-state index contributed by atoms with van der Waals surface area (Å²) in [6.45, 7) is 3.63. The van der Waals surface area contributed by atoms with Gasteiger partial charge in [0.1, 0.15) is 5.82 Å². The summed E-state index contributed by atoms with van der Waals surface area (Å²) in [6, 6.07) is 20.2. The highest BCUT2D eigenvalue weighted by Crippen LogP contribution is 2.28. The van der Waals surface area contributed by atoms with Gasteiger partial charge in [-0.05, 0) is 42.8 Å². The minimum absolute atomic E-state index is 0.674. The van der Waals surface area contributed by atoms with Gasteiger partial charge in [-0.2, -0.15) is 0 Å². The van der Waals surface area contributed by atoms with Crippen LogP contribution in [0, 0.1) is 0 Å². The van der Waals surface area contributed by atoms with Crippen molar-refractivity contribution in [1.82, 2.24) is 29.3 Å². The number of hydrogen-bond donors (Lipinski definition) is 0. The number of hydrogen-bond acceptors (Lipinski definition) is 5. The maximum absolute atomic E-state index is 6.23. The zero-order valence-electron chi connectivity index (χ0n) is 17.5. The molecule has 2 aromatic carbocycles. The fourth-order valence-corrected chi connectivity index (χ4v) is 4.84. The SMILES string of the molecule is CCn1c(SCc2nc3cc(Cl)ccc3n2Cc2ccccc2)nnc1-c1ccncc1. The van der Waals surface area contributed by atoms with Crippen molar-refractivity contribution in [3.05, 3.63) is 89.5 Å². The molecule has 5 aromatic rings. The molecule has 0 bridgehead atoms. The molecule has 8 heteroatoms. The molecule has 0 spiro atoms. The first-order valence-corrected chi connectivity index (χ1v) is 11.7. The Bertz CT molecular complexity index is 1350. The second-order valence-electron chi connectivity index (χ2n) is 7.31. The molecular weight excluding hydrogens is 440 g/mol. The molecule has 0 saturated carbocycles. The van der Waals surface area contributed by atoms with Crippen molar-refractivity contribution in [3.63, 3.8) is 0 Å². The summed E-state index contributed by atoms with van der Waals surface area (Å²) in [7, 11) is 0. The molecule has 6 nitrogen and oxygen atoms in total. The van der Waals surface area contributed by atoms with Crippen LogP contribution in [0.1, 0.15) is 18.3 Å². The second-order valence-corrected chi connectivity index (χ2v) is 8.69. The molecule has 3 heterocycles. The van der Waals surface area contributed by atoms with Gasteiger partial charge in [-0.25, -0.2) is 4.98 Å². The van der Waals surface area contributed by atoms with Crippen LogP contribution in [0.25, 0.3) is 22.4 Å². The highest BCUT2D eigenvalue weighted by Gasteiger charge is 2.16. The fourth-order valence-electron chi connectivity index (χ4n) is 3.73. The molecule has 0 N–H and O–H groups in total. The molecule has 0 radical (unpaired) electrons. The smallest absolute Gasteiger partial charge is 0.191 e. The van der Waals surface area contributed by atoms with Crippen LogP contribution in [0.5, 0.6) is 0 Å². The number of fused-ring (bicyclic) bond motifs is 1. The first-order chi connectivity index (χ1) is 15.7. The lowest BCUT2D eigenvalue weighted by atomic mass is 10.2. The zero-order valence-corrected chi connectivity index (χ0v) is 19.1. The summed E-state index contributed by atoms with van der Waals surface area (Å²) in [6.07, 6.45) is 3.54. The number of rotatable bonds is 7. The Labute approximate surface area is 195 Å². The number of pyridine rings is 1. The van der Waals surface area contributed by atoms with Crippen LogP contribution >= 0.6 is 23.4 Å². The van der Waals surface area contributed by atoms with Gasteiger partial charge in [-0.15, -0.1) is 10.2 Å². The molecule has 0 aliphatic rings. The Balaban J connectivity index is 1.47. The lowest BCUT2D eigenvalue weighted by Crippen LogP contribution is -2.05. The number of benzene rings is 2. The number of nitrogens with zero attached hydrogens (tertiary/aromatic N) is 6. The molecule has 0 atom stereocenters. The third-order valence-corrected chi connectivity index (χ3v) is 6.47. The molecule has 0 fully saturated rings. The van der Waals surface area contributed by atoms with Crippen molar-refractivity contribution in [1.29, 1.82) is 0 Å². The highest BCUT2D eigenvalue weighted by molar-refractivity contribution is 7.98. The third kappa shape index (κ3) is 4.13. The Morgan fingerprint density at radius 3 is 2.53 bits per heavy atom. The van der Waals surface area contributed by atoms with Crippen molar-refractivity contribution in [2.45, 2.75) is 30.9 Å². The third-order valence-electron chi connectivity index (χ3n) is 5.27. The monoisotopic (exact) mass is 460 g/mol. The van der Waals surface area contributed by atoms with Gasteiger partial charge >= 0.3 is 0 Å². The van der Waals surface area contributed by atoms with Crippen LogP contribution in [0.15, 0.2) is 78.2 Å². The van der Waals surface area contributed by atoms with Gasteiger partial charge in [0, 0.05) is 36.1 Å². The van der Waals surface area contributed by atoms with E-state index in [0.717, 1.165) is 46.5 Å². The van der Waals surface area contributed by atoms with Crippen LogP contribution in [-0.4, -0.2) is 29.3 Å². The van der Waals surface area contributed by atoms with E-state index in [1.165, 1.54) is 5.56 Å². The van der Waals surface area contributed by atoms with Gasteiger partial charge in [-0.1, -0.05) is 53.7 Å². The summed E-state index contributed by atoms with van der Waals surface area (Å²) in [4.78, 5) is 8.99. The van der Waals surface area contributed by atoms with Crippen molar-refractivity contribution in [2.24, 2.45) is 0 Å². The summed E-state index contributed by atoms with van der Waals surface area (Å²) in [5.74, 6) is 2.50. The van der Waals surface area contributed by atoms with E-state index in [1.54, 1.807) is 24.2 Å². The predicted octanol–water partition coefficient (Wildman–Crippen LogP) is 5.70. The van der Waals surface area contributed by atoms with Crippen LogP contribution in [0.3, 0.4) is 0 Å². The predicted molar refractivity (Wildman–Crippen MR) is 129 cm³/mol. The number of aromatic nitrogens is 6. The first-order valence-electron chi connectivity index (χ1n) is 10.4. The highest BCUT2D eigenvalue weighted by atomic mass is 35.5. The van der Waals surface area contributed by atoms with Gasteiger partial charge in [-0.3, -0.25) is 4.98 Å². The molecule has 160 valence electrons. The Morgan fingerprint density at radius 2 is 1.75 bits per heavy atom. The molecule has 0 aliphatic heterocycles. The maximum Gasteiger partial charge on any atom is 0.191 e. The zero-order chi connectivity index (χ0) is 21.9. The lowest BCUT2D eigenvalue weighted by molar-refractivity contribution is 0.686. The fraction of sp³-hybridized carbons (Fsp3) is 0.167. The Hall–Kier alpha value is -3.16. The quantitative estimate of drug-likeness (QED) is 0.291. The van der Waals surface area contributed by atoms with Gasteiger partial charge < -0.3 is 9.13 Å². The van der Waals surface area contributed by atoms with Crippen molar-refractivity contribution < 1.29 is 0 Å². The van der Waals surface area contributed by atoms with E-state index >= 15 is 0 Å². The van der Waals surface area contributed by atoms with Crippen LogP contribution in [0.4, 0.5) is 0 Å². The second kappa shape index (κ2) is 9.14. The topological polar surface area (TPSA) is 61.4 Å². The average molecular weight is 461 g/mol. The summed E-state index contributed by atoms with van der Waals surface area (Å²) in [5.41, 5.74) is 4.21. The molecule has 32 heavy (non-hydrogen) atoms. The number of thioether (sulfide) groups is 1. The van der Waals surface area contributed by atoms with E-state index in [-0.39, 0.29) is 0 Å². The van der Waals surface area contributed by atoms with Crippen LogP contribution in [-0.2, 0) is 18.8 Å². The summed E-state index contributed by atoms with van der Waals surface area (Å²) >= 11 is 7.88. The minimum atomic E-state index is 0.674. The van der Waals surface area contributed by atoms with E-state index in [9.17, 15) is 0 Å². The molecule has 0 unspecified atom stereocenters. The van der Waals surface area contributed by atoms with E-state index in [1.807, 2.05) is 36.4 Å². The maximum atomic E-state index is 6.23.